The number of ether oxygens (including phenoxy) is 1. The van der Waals surface area contributed by atoms with Crippen molar-refractivity contribution in [3.8, 4) is 22.6 Å². The van der Waals surface area contributed by atoms with Gasteiger partial charge in [-0.1, -0.05) is 74.0 Å². The fourth-order valence-corrected chi connectivity index (χ4v) is 2.98. The molecule has 2 aromatic carbocycles. The average molecular weight is 361 g/mol. The van der Waals surface area contributed by atoms with E-state index in [4.69, 9.17) is 14.7 Å². The molecule has 0 saturated carbocycles. The molecule has 0 aliphatic carbocycles. The first-order chi connectivity index (χ1) is 13.3. The zero-order valence-corrected chi connectivity index (χ0v) is 16.4. The molecule has 0 N–H and O–H groups in total. The maximum absolute atomic E-state index is 5.48. The summed E-state index contributed by atoms with van der Waals surface area (Å²) in [5.41, 5.74) is 4.34. The molecule has 140 valence electrons. The minimum atomic E-state index is 0.741. The van der Waals surface area contributed by atoms with Crippen molar-refractivity contribution in [3.63, 3.8) is 0 Å². The summed E-state index contributed by atoms with van der Waals surface area (Å²) in [4.78, 5) is 11.9. The quantitative estimate of drug-likeness (QED) is 0.659. The van der Waals surface area contributed by atoms with Gasteiger partial charge >= 0.3 is 0 Å². The van der Waals surface area contributed by atoms with Crippen LogP contribution >= 0.6 is 0 Å². The Bertz CT molecular complexity index is 841. The molecule has 0 bridgehead atoms. The van der Waals surface area contributed by atoms with Crippen molar-refractivity contribution in [3.05, 3.63) is 66.2 Å². The van der Waals surface area contributed by atoms with E-state index < -0.39 is 0 Å². The highest BCUT2D eigenvalue weighted by molar-refractivity contribution is 5.68. The first kappa shape index (κ1) is 19.1. The minimum Gasteiger partial charge on any atom is -0.378 e. The lowest BCUT2D eigenvalue weighted by Gasteiger charge is -2.28. The van der Waals surface area contributed by atoms with E-state index in [1.807, 2.05) is 32.0 Å². The van der Waals surface area contributed by atoms with Gasteiger partial charge < -0.3 is 9.64 Å². The Balaban J connectivity index is 0.00000102. The monoisotopic (exact) mass is 361 g/mol. The highest BCUT2D eigenvalue weighted by Gasteiger charge is 2.16. The minimum absolute atomic E-state index is 0.741. The van der Waals surface area contributed by atoms with E-state index in [9.17, 15) is 0 Å². The van der Waals surface area contributed by atoms with Crippen LogP contribution in [0.2, 0.25) is 0 Å². The van der Waals surface area contributed by atoms with Crippen molar-refractivity contribution in [2.75, 3.05) is 31.2 Å². The molecule has 1 aliphatic heterocycles. The lowest BCUT2D eigenvalue weighted by Crippen LogP contribution is -2.36. The molecule has 0 radical (unpaired) electrons. The Labute approximate surface area is 161 Å². The van der Waals surface area contributed by atoms with Crippen LogP contribution in [0.3, 0.4) is 0 Å². The van der Waals surface area contributed by atoms with Gasteiger partial charge in [0, 0.05) is 30.3 Å². The summed E-state index contributed by atoms with van der Waals surface area (Å²) in [6.07, 6.45) is 0. The molecule has 3 aromatic rings. The van der Waals surface area contributed by atoms with Crippen LogP contribution in [0.1, 0.15) is 19.4 Å². The molecule has 4 nitrogen and oxygen atoms in total. The molecular formula is C23H27N3O. The van der Waals surface area contributed by atoms with Gasteiger partial charge in [0.2, 0.25) is 0 Å². The van der Waals surface area contributed by atoms with Gasteiger partial charge in [0.05, 0.1) is 18.9 Å². The van der Waals surface area contributed by atoms with Crippen LogP contribution in [0.5, 0.6) is 0 Å². The largest absolute Gasteiger partial charge is 0.378 e. The molecule has 2 heterocycles. The zero-order chi connectivity index (χ0) is 19.1. The summed E-state index contributed by atoms with van der Waals surface area (Å²) < 4.78 is 5.48. The number of aromatic nitrogens is 2. The van der Waals surface area contributed by atoms with Gasteiger partial charge in [-0.05, 0) is 6.92 Å². The molecule has 1 aliphatic rings. The summed E-state index contributed by atoms with van der Waals surface area (Å²) in [6, 6.07) is 20.7. The van der Waals surface area contributed by atoms with Crippen molar-refractivity contribution in [1.82, 2.24) is 9.97 Å². The Morgan fingerprint density at radius 1 is 0.815 bits per heavy atom. The third-order valence-electron chi connectivity index (χ3n) is 4.43. The van der Waals surface area contributed by atoms with Crippen LogP contribution in [-0.4, -0.2) is 36.3 Å². The van der Waals surface area contributed by atoms with E-state index in [0.717, 1.165) is 54.8 Å². The number of benzene rings is 2. The second kappa shape index (κ2) is 9.28. The Morgan fingerprint density at radius 3 is 2.15 bits per heavy atom. The number of nitrogens with zero attached hydrogens (tertiary/aromatic N) is 3. The predicted molar refractivity (Wildman–Crippen MR) is 112 cm³/mol. The fourth-order valence-electron chi connectivity index (χ4n) is 2.98. The first-order valence-electron chi connectivity index (χ1n) is 9.64. The first-order valence-corrected chi connectivity index (χ1v) is 9.64. The normalized spacial score (nSPS) is 13.7. The van der Waals surface area contributed by atoms with Gasteiger partial charge in [-0.3, -0.25) is 0 Å². The molecule has 4 heteroatoms. The van der Waals surface area contributed by atoms with Gasteiger partial charge in [-0.2, -0.15) is 0 Å². The van der Waals surface area contributed by atoms with Crippen LogP contribution in [0.15, 0.2) is 60.7 Å². The van der Waals surface area contributed by atoms with E-state index in [0.29, 0.717) is 0 Å². The SMILES string of the molecule is CC.Cc1ccc(-c2cc(N3CCOCC3)nc(-c3ccccc3)n2)cc1. The molecule has 0 unspecified atom stereocenters. The predicted octanol–water partition coefficient (Wildman–Crippen LogP) is 4.98. The lowest BCUT2D eigenvalue weighted by atomic mass is 10.1. The van der Waals surface area contributed by atoms with Gasteiger partial charge in [0.15, 0.2) is 5.82 Å². The number of aryl methyl sites for hydroxylation is 1. The van der Waals surface area contributed by atoms with E-state index in [-0.39, 0.29) is 0 Å². The smallest absolute Gasteiger partial charge is 0.162 e. The van der Waals surface area contributed by atoms with Crippen molar-refractivity contribution in [2.24, 2.45) is 0 Å². The molecule has 1 saturated heterocycles. The van der Waals surface area contributed by atoms with Gasteiger partial charge in [0.1, 0.15) is 5.82 Å². The fraction of sp³-hybridized carbons (Fsp3) is 0.304. The average Bonchev–Trinajstić information content (AvgIpc) is 2.76. The van der Waals surface area contributed by atoms with E-state index in [1.54, 1.807) is 0 Å². The molecule has 0 atom stereocenters. The third-order valence-corrected chi connectivity index (χ3v) is 4.43. The van der Waals surface area contributed by atoms with Gasteiger partial charge in [0.25, 0.3) is 0 Å². The molecule has 4 rings (SSSR count). The third kappa shape index (κ3) is 4.72. The van der Waals surface area contributed by atoms with Gasteiger partial charge in [-0.25, -0.2) is 9.97 Å². The Hall–Kier alpha value is -2.72. The summed E-state index contributed by atoms with van der Waals surface area (Å²) in [7, 11) is 0. The van der Waals surface area contributed by atoms with Crippen LogP contribution < -0.4 is 4.90 Å². The van der Waals surface area contributed by atoms with E-state index in [1.165, 1.54) is 5.56 Å². The van der Waals surface area contributed by atoms with Gasteiger partial charge in [-0.15, -0.1) is 0 Å². The summed E-state index contributed by atoms with van der Waals surface area (Å²) in [6.45, 7) is 9.30. The number of rotatable bonds is 3. The maximum atomic E-state index is 5.48. The van der Waals surface area contributed by atoms with Crippen molar-refractivity contribution in [1.29, 1.82) is 0 Å². The molecule has 0 amide bonds. The maximum Gasteiger partial charge on any atom is 0.162 e. The van der Waals surface area contributed by atoms with Crippen LogP contribution in [0.4, 0.5) is 5.82 Å². The van der Waals surface area contributed by atoms with Crippen molar-refractivity contribution in [2.45, 2.75) is 20.8 Å². The molecule has 1 fully saturated rings. The second-order valence-corrected chi connectivity index (χ2v) is 6.27. The van der Waals surface area contributed by atoms with Crippen molar-refractivity contribution >= 4 is 5.82 Å². The van der Waals surface area contributed by atoms with E-state index in [2.05, 4.69) is 54.3 Å². The number of anilines is 1. The topological polar surface area (TPSA) is 38.2 Å². The standard InChI is InChI=1S/C21H21N3O.C2H6/c1-16-7-9-17(10-8-16)19-15-20(24-11-13-25-14-12-24)23-21(22-19)18-5-3-2-4-6-18;1-2/h2-10,15H,11-14H2,1H3;1-2H3. The number of hydrogen-bond acceptors (Lipinski definition) is 4. The summed E-state index contributed by atoms with van der Waals surface area (Å²) in [5, 5.41) is 0. The van der Waals surface area contributed by atoms with Crippen LogP contribution in [-0.2, 0) is 4.74 Å². The highest BCUT2D eigenvalue weighted by Crippen LogP contribution is 2.26. The molecule has 1 aromatic heterocycles. The highest BCUT2D eigenvalue weighted by atomic mass is 16.5. The Morgan fingerprint density at radius 2 is 1.48 bits per heavy atom. The summed E-state index contributed by atoms with van der Waals surface area (Å²) >= 11 is 0. The zero-order valence-electron chi connectivity index (χ0n) is 16.4. The molecule has 0 spiro atoms. The van der Waals surface area contributed by atoms with Crippen LogP contribution in [0, 0.1) is 6.92 Å². The second-order valence-electron chi connectivity index (χ2n) is 6.27. The molecular weight excluding hydrogens is 334 g/mol. The summed E-state index contributed by atoms with van der Waals surface area (Å²) in [5.74, 6) is 1.73. The lowest BCUT2D eigenvalue weighted by molar-refractivity contribution is 0.122. The Kier molecular flexibility index (Phi) is 6.55. The van der Waals surface area contributed by atoms with E-state index >= 15 is 0 Å². The van der Waals surface area contributed by atoms with Crippen molar-refractivity contribution < 1.29 is 4.74 Å². The van der Waals surface area contributed by atoms with Crippen LogP contribution in [0.25, 0.3) is 22.6 Å². The molecule has 27 heavy (non-hydrogen) atoms. The number of morpholine rings is 1. The number of hydrogen-bond donors (Lipinski definition) is 0.